The molecule has 0 saturated carbocycles. The van der Waals surface area contributed by atoms with Gasteiger partial charge < -0.3 is 19.5 Å². The first kappa shape index (κ1) is 16.7. The van der Waals surface area contributed by atoms with Gasteiger partial charge in [0.1, 0.15) is 30.5 Å². The normalized spacial score (nSPS) is 10.0. The Labute approximate surface area is 136 Å². The molecule has 5 nitrogen and oxygen atoms in total. The van der Waals surface area contributed by atoms with Gasteiger partial charge in [0.15, 0.2) is 0 Å². The van der Waals surface area contributed by atoms with Gasteiger partial charge in [-0.2, -0.15) is 0 Å². The lowest BCUT2D eigenvalue weighted by molar-refractivity contribution is -0.114. The maximum atomic E-state index is 11.2. The largest absolute Gasteiger partial charge is 0.494 e. The molecule has 0 atom stereocenters. The second-order valence-electron chi connectivity index (χ2n) is 4.78. The molecule has 0 saturated heterocycles. The number of para-hydroxylation sites is 2. The Hall–Kier alpha value is -2.69. The molecular formula is C18H21NO4. The summed E-state index contributed by atoms with van der Waals surface area (Å²) >= 11 is 0. The number of anilines is 1. The summed E-state index contributed by atoms with van der Waals surface area (Å²) < 4.78 is 16.6. The van der Waals surface area contributed by atoms with Gasteiger partial charge in [-0.05, 0) is 43.3 Å². The van der Waals surface area contributed by atoms with Gasteiger partial charge in [0, 0.05) is 6.92 Å². The predicted octanol–water partition coefficient (Wildman–Crippen LogP) is 3.50. The van der Waals surface area contributed by atoms with Crippen molar-refractivity contribution in [1.29, 1.82) is 0 Å². The predicted molar refractivity (Wildman–Crippen MR) is 89.3 cm³/mol. The highest BCUT2D eigenvalue weighted by Crippen LogP contribution is 2.23. The highest BCUT2D eigenvalue weighted by molar-refractivity contribution is 5.90. The Balaban J connectivity index is 1.80. The van der Waals surface area contributed by atoms with Crippen molar-refractivity contribution in [1.82, 2.24) is 0 Å². The maximum absolute atomic E-state index is 11.2. The van der Waals surface area contributed by atoms with Gasteiger partial charge in [0.05, 0.1) is 12.3 Å². The Morgan fingerprint density at radius 3 is 2.17 bits per heavy atom. The van der Waals surface area contributed by atoms with Crippen LogP contribution in [0, 0.1) is 0 Å². The van der Waals surface area contributed by atoms with E-state index in [1.807, 2.05) is 49.4 Å². The van der Waals surface area contributed by atoms with Crippen LogP contribution in [0.4, 0.5) is 5.69 Å². The molecule has 2 aromatic carbocycles. The van der Waals surface area contributed by atoms with Gasteiger partial charge >= 0.3 is 0 Å². The summed E-state index contributed by atoms with van der Waals surface area (Å²) in [5, 5.41) is 2.73. The van der Waals surface area contributed by atoms with Crippen LogP contribution in [-0.2, 0) is 4.79 Å². The molecule has 23 heavy (non-hydrogen) atoms. The summed E-state index contributed by atoms with van der Waals surface area (Å²) in [6, 6.07) is 14.7. The van der Waals surface area contributed by atoms with Crippen molar-refractivity contribution < 1.29 is 19.0 Å². The van der Waals surface area contributed by atoms with Crippen LogP contribution in [-0.4, -0.2) is 25.7 Å². The van der Waals surface area contributed by atoms with Crippen molar-refractivity contribution >= 4 is 11.6 Å². The number of benzene rings is 2. The van der Waals surface area contributed by atoms with Crippen LogP contribution in [0.3, 0.4) is 0 Å². The first-order valence-corrected chi connectivity index (χ1v) is 7.54. The van der Waals surface area contributed by atoms with E-state index in [-0.39, 0.29) is 5.91 Å². The Morgan fingerprint density at radius 1 is 0.913 bits per heavy atom. The molecule has 0 bridgehead atoms. The van der Waals surface area contributed by atoms with Gasteiger partial charge in [-0.1, -0.05) is 12.1 Å². The molecule has 0 fully saturated rings. The molecule has 5 heteroatoms. The molecule has 0 heterocycles. The molecule has 0 aliphatic rings. The number of hydrogen-bond donors (Lipinski definition) is 1. The molecule has 2 rings (SSSR count). The number of hydrogen-bond acceptors (Lipinski definition) is 4. The third-order valence-electron chi connectivity index (χ3n) is 2.94. The van der Waals surface area contributed by atoms with Crippen molar-refractivity contribution in [2.75, 3.05) is 25.1 Å². The van der Waals surface area contributed by atoms with E-state index in [9.17, 15) is 4.79 Å². The zero-order valence-corrected chi connectivity index (χ0v) is 13.4. The highest BCUT2D eigenvalue weighted by Gasteiger charge is 2.04. The van der Waals surface area contributed by atoms with E-state index in [1.165, 1.54) is 6.92 Å². The monoisotopic (exact) mass is 315 g/mol. The van der Waals surface area contributed by atoms with E-state index in [0.717, 1.165) is 11.5 Å². The quantitative estimate of drug-likeness (QED) is 0.758. The fourth-order valence-corrected chi connectivity index (χ4v) is 2.00. The van der Waals surface area contributed by atoms with Crippen LogP contribution in [0.1, 0.15) is 13.8 Å². The molecule has 0 radical (unpaired) electrons. The average Bonchev–Trinajstić information content (AvgIpc) is 2.54. The van der Waals surface area contributed by atoms with Gasteiger partial charge in [-0.15, -0.1) is 0 Å². The summed E-state index contributed by atoms with van der Waals surface area (Å²) in [5.41, 5.74) is 0.654. The smallest absolute Gasteiger partial charge is 0.221 e. The summed E-state index contributed by atoms with van der Waals surface area (Å²) in [6.45, 7) is 4.83. The van der Waals surface area contributed by atoms with Crippen molar-refractivity contribution in [3.8, 4) is 17.2 Å². The summed E-state index contributed by atoms with van der Waals surface area (Å²) in [6.07, 6.45) is 0. The van der Waals surface area contributed by atoms with E-state index in [0.29, 0.717) is 31.3 Å². The summed E-state index contributed by atoms with van der Waals surface area (Å²) in [5.74, 6) is 2.07. The standard InChI is InChI=1S/C18H21NO4/c1-3-21-15-8-10-16(11-9-15)22-12-13-23-18-7-5-4-6-17(18)19-14(2)20/h4-11H,3,12-13H2,1-2H3,(H,19,20). The van der Waals surface area contributed by atoms with E-state index >= 15 is 0 Å². The molecule has 122 valence electrons. The minimum Gasteiger partial charge on any atom is -0.494 e. The van der Waals surface area contributed by atoms with E-state index in [1.54, 1.807) is 6.07 Å². The SMILES string of the molecule is CCOc1ccc(OCCOc2ccccc2NC(C)=O)cc1. The maximum Gasteiger partial charge on any atom is 0.221 e. The van der Waals surface area contributed by atoms with Gasteiger partial charge in [0.2, 0.25) is 5.91 Å². The van der Waals surface area contributed by atoms with Crippen molar-refractivity contribution in [3.05, 3.63) is 48.5 Å². The Kier molecular flexibility index (Phi) is 6.29. The van der Waals surface area contributed by atoms with E-state index in [4.69, 9.17) is 14.2 Å². The summed E-state index contributed by atoms with van der Waals surface area (Å²) in [4.78, 5) is 11.2. The fraction of sp³-hybridized carbons (Fsp3) is 0.278. The Bertz CT molecular complexity index is 625. The average molecular weight is 315 g/mol. The molecular weight excluding hydrogens is 294 g/mol. The highest BCUT2D eigenvalue weighted by atomic mass is 16.5. The first-order chi connectivity index (χ1) is 11.2. The van der Waals surface area contributed by atoms with Crippen LogP contribution in [0.2, 0.25) is 0 Å². The first-order valence-electron chi connectivity index (χ1n) is 7.54. The van der Waals surface area contributed by atoms with Gasteiger partial charge in [0.25, 0.3) is 0 Å². The molecule has 0 aliphatic heterocycles. The van der Waals surface area contributed by atoms with Crippen LogP contribution in [0.15, 0.2) is 48.5 Å². The minimum atomic E-state index is -0.133. The van der Waals surface area contributed by atoms with Crippen molar-refractivity contribution in [3.63, 3.8) is 0 Å². The fourth-order valence-electron chi connectivity index (χ4n) is 2.00. The second kappa shape index (κ2) is 8.68. The third kappa shape index (κ3) is 5.54. The number of rotatable bonds is 8. The zero-order chi connectivity index (χ0) is 16.5. The molecule has 0 unspecified atom stereocenters. The Morgan fingerprint density at radius 2 is 1.52 bits per heavy atom. The lowest BCUT2D eigenvalue weighted by atomic mass is 10.3. The molecule has 0 aliphatic carbocycles. The topological polar surface area (TPSA) is 56.8 Å². The number of amides is 1. The van der Waals surface area contributed by atoms with Crippen molar-refractivity contribution in [2.45, 2.75) is 13.8 Å². The molecule has 1 N–H and O–H groups in total. The lowest BCUT2D eigenvalue weighted by Crippen LogP contribution is -2.12. The zero-order valence-electron chi connectivity index (χ0n) is 13.4. The molecule has 0 spiro atoms. The number of nitrogens with one attached hydrogen (secondary N) is 1. The number of carbonyl (C=O) groups excluding carboxylic acids is 1. The van der Waals surface area contributed by atoms with E-state index < -0.39 is 0 Å². The van der Waals surface area contributed by atoms with Crippen LogP contribution < -0.4 is 19.5 Å². The van der Waals surface area contributed by atoms with Crippen LogP contribution in [0.25, 0.3) is 0 Å². The molecule has 0 aromatic heterocycles. The van der Waals surface area contributed by atoms with Gasteiger partial charge in [-0.25, -0.2) is 0 Å². The van der Waals surface area contributed by atoms with E-state index in [2.05, 4.69) is 5.32 Å². The third-order valence-corrected chi connectivity index (χ3v) is 2.94. The van der Waals surface area contributed by atoms with Crippen LogP contribution >= 0.6 is 0 Å². The number of ether oxygens (including phenoxy) is 3. The lowest BCUT2D eigenvalue weighted by Gasteiger charge is -2.12. The number of carbonyl (C=O) groups is 1. The summed E-state index contributed by atoms with van der Waals surface area (Å²) in [7, 11) is 0. The van der Waals surface area contributed by atoms with Gasteiger partial charge in [-0.3, -0.25) is 4.79 Å². The minimum absolute atomic E-state index is 0.133. The van der Waals surface area contributed by atoms with Crippen LogP contribution in [0.5, 0.6) is 17.2 Å². The molecule has 2 aromatic rings. The molecule has 1 amide bonds. The second-order valence-corrected chi connectivity index (χ2v) is 4.78. The van der Waals surface area contributed by atoms with Crippen molar-refractivity contribution in [2.24, 2.45) is 0 Å².